The average molecular weight is 213 g/mol. The Morgan fingerprint density at radius 2 is 2.29 bits per heavy atom. The third-order valence-electron chi connectivity index (χ3n) is 2.28. The number of rotatable bonds is 2. The van der Waals surface area contributed by atoms with Crippen molar-refractivity contribution >= 4 is 22.6 Å². The highest BCUT2D eigenvalue weighted by atomic mass is 35.5. The quantitative estimate of drug-likeness (QED) is 0.700. The molecule has 0 saturated carbocycles. The van der Waals surface area contributed by atoms with Crippen molar-refractivity contribution in [1.82, 2.24) is 9.55 Å². The first-order valence-electron chi connectivity index (χ1n) is 4.46. The zero-order valence-electron chi connectivity index (χ0n) is 7.80. The molecule has 1 heterocycles. The van der Waals surface area contributed by atoms with Crippen LogP contribution >= 0.6 is 11.6 Å². The Labute approximate surface area is 86.3 Å². The van der Waals surface area contributed by atoms with E-state index in [1.807, 2.05) is 6.92 Å². The second kappa shape index (κ2) is 3.58. The SMILES string of the molecule is CCn1cnc2c(CCl)ccc(F)c21. The Hall–Kier alpha value is -1.09. The summed E-state index contributed by atoms with van der Waals surface area (Å²) in [6, 6.07) is 3.12. The molecule has 0 atom stereocenters. The summed E-state index contributed by atoms with van der Waals surface area (Å²) in [5.41, 5.74) is 2.09. The van der Waals surface area contributed by atoms with Crippen LogP contribution in [-0.2, 0) is 12.4 Å². The Morgan fingerprint density at radius 1 is 1.50 bits per heavy atom. The highest BCUT2D eigenvalue weighted by molar-refractivity contribution is 6.17. The molecule has 1 aromatic carbocycles. The number of benzene rings is 1. The van der Waals surface area contributed by atoms with Crippen LogP contribution in [0.25, 0.3) is 11.0 Å². The number of halogens is 2. The summed E-state index contributed by atoms with van der Waals surface area (Å²) in [4.78, 5) is 4.16. The minimum absolute atomic E-state index is 0.242. The van der Waals surface area contributed by atoms with Crippen molar-refractivity contribution in [1.29, 1.82) is 0 Å². The molecule has 0 fully saturated rings. The van der Waals surface area contributed by atoms with Crippen LogP contribution in [0.4, 0.5) is 4.39 Å². The molecule has 0 saturated heterocycles. The molecule has 0 unspecified atom stereocenters. The van der Waals surface area contributed by atoms with Crippen molar-refractivity contribution in [3.05, 3.63) is 29.8 Å². The van der Waals surface area contributed by atoms with Gasteiger partial charge in [-0.25, -0.2) is 9.37 Å². The topological polar surface area (TPSA) is 17.8 Å². The molecule has 2 aromatic rings. The molecule has 2 rings (SSSR count). The molecule has 4 heteroatoms. The number of fused-ring (bicyclic) bond motifs is 1. The molecule has 0 spiro atoms. The summed E-state index contributed by atoms with van der Waals surface area (Å²) >= 11 is 5.74. The second-order valence-corrected chi connectivity index (χ2v) is 3.34. The van der Waals surface area contributed by atoms with Crippen LogP contribution in [0.2, 0.25) is 0 Å². The van der Waals surface area contributed by atoms with Gasteiger partial charge in [0.2, 0.25) is 0 Å². The van der Waals surface area contributed by atoms with Gasteiger partial charge >= 0.3 is 0 Å². The first-order valence-corrected chi connectivity index (χ1v) is 4.99. The van der Waals surface area contributed by atoms with Gasteiger partial charge in [-0.1, -0.05) is 6.07 Å². The molecule has 0 aliphatic carbocycles. The maximum absolute atomic E-state index is 13.5. The van der Waals surface area contributed by atoms with E-state index in [1.165, 1.54) is 6.07 Å². The largest absolute Gasteiger partial charge is 0.328 e. The molecular weight excluding hydrogens is 203 g/mol. The van der Waals surface area contributed by atoms with E-state index < -0.39 is 0 Å². The molecule has 0 N–H and O–H groups in total. The van der Waals surface area contributed by atoms with Crippen molar-refractivity contribution in [2.75, 3.05) is 0 Å². The van der Waals surface area contributed by atoms with E-state index in [1.54, 1.807) is 17.0 Å². The lowest BCUT2D eigenvalue weighted by Gasteiger charge is -2.02. The first kappa shape index (κ1) is 9.46. The van der Waals surface area contributed by atoms with Crippen LogP contribution in [0.3, 0.4) is 0 Å². The molecule has 0 aliphatic rings. The van der Waals surface area contributed by atoms with Gasteiger partial charge in [0.25, 0.3) is 0 Å². The van der Waals surface area contributed by atoms with Gasteiger partial charge < -0.3 is 4.57 Å². The Kier molecular flexibility index (Phi) is 2.42. The van der Waals surface area contributed by atoms with E-state index in [0.29, 0.717) is 23.5 Å². The fourth-order valence-electron chi connectivity index (χ4n) is 1.55. The third-order valence-corrected chi connectivity index (χ3v) is 2.57. The monoisotopic (exact) mass is 212 g/mol. The van der Waals surface area contributed by atoms with Crippen LogP contribution in [0.1, 0.15) is 12.5 Å². The maximum atomic E-state index is 13.5. The molecule has 0 radical (unpaired) electrons. The van der Waals surface area contributed by atoms with E-state index in [2.05, 4.69) is 4.98 Å². The number of alkyl halides is 1. The molecule has 0 bridgehead atoms. The normalized spacial score (nSPS) is 11.1. The highest BCUT2D eigenvalue weighted by Crippen LogP contribution is 2.22. The van der Waals surface area contributed by atoms with Gasteiger partial charge in [-0.15, -0.1) is 11.6 Å². The van der Waals surface area contributed by atoms with E-state index >= 15 is 0 Å². The Bertz CT molecular complexity index is 464. The molecular formula is C10H10ClFN2. The number of nitrogens with zero attached hydrogens (tertiary/aromatic N) is 2. The fourth-order valence-corrected chi connectivity index (χ4v) is 1.76. The summed E-state index contributed by atoms with van der Waals surface area (Å²) in [7, 11) is 0. The van der Waals surface area contributed by atoms with Gasteiger partial charge in [-0.2, -0.15) is 0 Å². The van der Waals surface area contributed by atoms with Crippen molar-refractivity contribution in [2.24, 2.45) is 0 Å². The third kappa shape index (κ3) is 1.28. The van der Waals surface area contributed by atoms with Crippen molar-refractivity contribution < 1.29 is 4.39 Å². The standard InChI is InChI=1S/C10H10ClFN2/c1-2-14-6-13-9-7(5-11)3-4-8(12)10(9)14/h3-4,6H,2,5H2,1H3. The highest BCUT2D eigenvalue weighted by Gasteiger charge is 2.10. The Balaban J connectivity index is 2.80. The Morgan fingerprint density at radius 3 is 2.93 bits per heavy atom. The predicted molar refractivity (Wildman–Crippen MR) is 54.9 cm³/mol. The lowest BCUT2D eigenvalue weighted by Crippen LogP contribution is -1.94. The van der Waals surface area contributed by atoms with E-state index in [0.717, 1.165) is 5.56 Å². The summed E-state index contributed by atoms with van der Waals surface area (Å²) in [6.45, 7) is 2.66. The number of aromatic nitrogens is 2. The summed E-state index contributed by atoms with van der Waals surface area (Å²) in [6.07, 6.45) is 1.64. The molecule has 1 aromatic heterocycles. The van der Waals surface area contributed by atoms with E-state index in [9.17, 15) is 4.39 Å². The van der Waals surface area contributed by atoms with Gasteiger partial charge in [-0.05, 0) is 18.6 Å². The summed E-state index contributed by atoms with van der Waals surface area (Å²) in [5.74, 6) is 0.116. The first-order chi connectivity index (χ1) is 6.77. The van der Waals surface area contributed by atoms with Crippen molar-refractivity contribution in [3.63, 3.8) is 0 Å². The molecule has 0 aliphatic heterocycles. The number of hydrogen-bond donors (Lipinski definition) is 0. The zero-order chi connectivity index (χ0) is 10.1. The van der Waals surface area contributed by atoms with Crippen molar-refractivity contribution in [2.45, 2.75) is 19.3 Å². The smallest absolute Gasteiger partial charge is 0.149 e. The minimum atomic E-state index is -0.242. The van der Waals surface area contributed by atoms with Gasteiger partial charge in [0.1, 0.15) is 11.3 Å². The second-order valence-electron chi connectivity index (χ2n) is 3.07. The van der Waals surface area contributed by atoms with Crippen molar-refractivity contribution in [3.8, 4) is 0 Å². The predicted octanol–water partition coefficient (Wildman–Crippen LogP) is 2.93. The molecule has 74 valence electrons. The molecule has 2 nitrogen and oxygen atoms in total. The minimum Gasteiger partial charge on any atom is -0.328 e. The van der Waals surface area contributed by atoms with E-state index in [4.69, 9.17) is 11.6 Å². The van der Waals surface area contributed by atoms with Gasteiger partial charge in [0.15, 0.2) is 0 Å². The number of hydrogen-bond acceptors (Lipinski definition) is 1. The van der Waals surface area contributed by atoms with Crippen LogP contribution < -0.4 is 0 Å². The number of imidazole rings is 1. The lowest BCUT2D eigenvalue weighted by molar-refractivity contribution is 0.626. The maximum Gasteiger partial charge on any atom is 0.149 e. The number of aryl methyl sites for hydroxylation is 1. The zero-order valence-corrected chi connectivity index (χ0v) is 8.55. The lowest BCUT2D eigenvalue weighted by atomic mass is 10.2. The summed E-state index contributed by atoms with van der Waals surface area (Å²) < 4.78 is 15.3. The van der Waals surface area contributed by atoms with Crippen LogP contribution in [0.5, 0.6) is 0 Å². The summed E-state index contributed by atoms with van der Waals surface area (Å²) in [5, 5.41) is 0. The fraction of sp³-hybridized carbons (Fsp3) is 0.300. The van der Waals surface area contributed by atoms with Gasteiger partial charge in [0, 0.05) is 12.4 Å². The van der Waals surface area contributed by atoms with Gasteiger partial charge in [0.05, 0.1) is 11.8 Å². The van der Waals surface area contributed by atoms with Crippen LogP contribution in [0.15, 0.2) is 18.5 Å². The van der Waals surface area contributed by atoms with Crippen LogP contribution in [-0.4, -0.2) is 9.55 Å². The molecule has 14 heavy (non-hydrogen) atoms. The van der Waals surface area contributed by atoms with Gasteiger partial charge in [-0.3, -0.25) is 0 Å². The average Bonchev–Trinajstić information content (AvgIpc) is 2.63. The van der Waals surface area contributed by atoms with Crippen LogP contribution in [0, 0.1) is 5.82 Å². The van der Waals surface area contributed by atoms with E-state index in [-0.39, 0.29) is 5.82 Å². The molecule has 0 amide bonds.